The molecule has 134 valence electrons. The predicted molar refractivity (Wildman–Crippen MR) is 109 cm³/mol. The van der Waals surface area contributed by atoms with Gasteiger partial charge in [0, 0.05) is 34.0 Å². The zero-order chi connectivity index (χ0) is 19.3. The summed E-state index contributed by atoms with van der Waals surface area (Å²) < 4.78 is 0. The normalized spacial score (nSPS) is 10.4. The fourth-order valence-corrected chi connectivity index (χ4v) is 3.21. The molecular formula is C25H17NO2. The predicted octanol–water partition coefficient (Wildman–Crippen LogP) is 5.21. The lowest BCUT2D eigenvalue weighted by molar-refractivity contribution is 0.103. The van der Waals surface area contributed by atoms with Crippen LogP contribution in [0.15, 0.2) is 103 Å². The third-order valence-corrected chi connectivity index (χ3v) is 4.55. The van der Waals surface area contributed by atoms with Gasteiger partial charge in [-0.15, -0.1) is 0 Å². The maximum atomic E-state index is 13.2. The van der Waals surface area contributed by atoms with E-state index in [4.69, 9.17) is 0 Å². The molecule has 0 saturated heterocycles. The van der Waals surface area contributed by atoms with Gasteiger partial charge >= 0.3 is 0 Å². The fraction of sp³-hybridized carbons (Fsp3) is 0. The van der Waals surface area contributed by atoms with Crippen molar-refractivity contribution in [2.75, 3.05) is 0 Å². The molecule has 28 heavy (non-hydrogen) atoms. The van der Waals surface area contributed by atoms with E-state index in [1.807, 2.05) is 54.6 Å². The minimum absolute atomic E-state index is 0.135. The van der Waals surface area contributed by atoms with Crippen LogP contribution in [0.3, 0.4) is 0 Å². The van der Waals surface area contributed by atoms with Gasteiger partial charge in [0.25, 0.3) is 0 Å². The molecule has 0 N–H and O–H groups in total. The Labute approximate surface area is 163 Å². The van der Waals surface area contributed by atoms with Crippen LogP contribution in [0.25, 0.3) is 11.3 Å². The SMILES string of the molecule is O=C(c1ccccc1)c1cccc(C(=O)c2ccccc2)c1-c1ccccn1. The van der Waals surface area contributed by atoms with Crippen molar-refractivity contribution in [1.82, 2.24) is 4.98 Å². The maximum Gasteiger partial charge on any atom is 0.193 e. The highest BCUT2D eigenvalue weighted by molar-refractivity contribution is 6.19. The second-order valence-corrected chi connectivity index (χ2v) is 6.33. The van der Waals surface area contributed by atoms with Gasteiger partial charge in [-0.25, -0.2) is 0 Å². The first-order chi connectivity index (χ1) is 13.8. The van der Waals surface area contributed by atoms with E-state index < -0.39 is 0 Å². The van der Waals surface area contributed by atoms with Crippen molar-refractivity contribution in [3.05, 3.63) is 126 Å². The summed E-state index contributed by atoms with van der Waals surface area (Å²) in [5.41, 5.74) is 3.24. The highest BCUT2D eigenvalue weighted by atomic mass is 16.1. The van der Waals surface area contributed by atoms with Crippen molar-refractivity contribution in [2.45, 2.75) is 0 Å². The monoisotopic (exact) mass is 363 g/mol. The molecule has 0 spiro atoms. The molecule has 4 rings (SSSR count). The van der Waals surface area contributed by atoms with E-state index in [0.29, 0.717) is 33.5 Å². The van der Waals surface area contributed by atoms with Crippen LogP contribution in [-0.4, -0.2) is 16.6 Å². The fourth-order valence-electron chi connectivity index (χ4n) is 3.21. The van der Waals surface area contributed by atoms with Gasteiger partial charge in [0.2, 0.25) is 0 Å². The van der Waals surface area contributed by atoms with Crippen molar-refractivity contribution >= 4 is 11.6 Å². The number of nitrogens with zero attached hydrogens (tertiary/aromatic N) is 1. The highest BCUT2D eigenvalue weighted by Gasteiger charge is 2.22. The Bertz CT molecular complexity index is 1050. The van der Waals surface area contributed by atoms with Crippen LogP contribution in [0.1, 0.15) is 31.8 Å². The van der Waals surface area contributed by atoms with E-state index in [2.05, 4.69) is 4.98 Å². The Balaban J connectivity index is 1.93. The molecule has 0 atom stereocenters. The van der Waals surface area contributed by atoms with Crippen molar-refractivity contribution in [3.8, 4) is 11.3 Å². The van der Waals surface area contributed by atoms with Gasteiger partial charge in [0.05, 0.1) is 5.69 Å². The van der Waals surface area contributed by atoms with Crippen LogP contribution in [0.4, 0.5) is 0 Å². The Kier molecular flexibility index (Phi) is 4.89. The number of carbonyl (C=O) groups excluding carboxylic acids is 2. The molecule has 3 nitrogen and oxygen atoms in total. The van der Waals surface area contributed by atoms with E-state index in [1.54, 1.807) is 48.7 Å². The van der Waals surface area contributed by atoms with Crippen molar-refractivity contribution in [3.63, 3.8) is 0 Å². The third-order valence-electron chi connectivity index (χ3n) is 4.55. The smallest absolute Gasteiger partial charge is 0.193 e. The summed E-state index contributed by atoms with van der Waals surface area (Å²) in [7, 11) is 0. The van der Waals surface area contributed by atoms with Crippen LogP contribution < -0.4 is 0 Å². The van der Waals surface area contributed by atoms with Crippen molar-refractivity contribution in [1.29, 1.82) is 0 Å². The molecule has 0 aliphatic carbocycles. The van der Waals surface area contributed by atoms with Gasteiger partial charge in [-0.2, -0.15) is 0 Å². The second kappa shape index (κ2) is 7.80. The number of carbonyl (C=O) groups is 2. The number of aromatic nitrogens is 1. The van der Waals surface area contributed by atoms with Crippen LogP contribution in [-0.2, 0) is 0 Å². The molecule has 0 radical (unpaired) electrons. The highest BCUT2D eigenvalue weighted by Crippen LogP contribution is 2.30. The van der Waals surface area contributed by atoms with Crippen LogP contribution in [0.2, 0.25) is 0 Å². The molecule has 0 fully saturated rings. The number of pyridine rings is 1. The molecular weight excluding hydrogens is 346 g/mol. The van der Waals surface area contributed by atoms with Gasteiger partial charge in [-0.05, 0) is 12.1 Å². The summed E-state index contributed by atoms with van der Waals surface area (Å²) in [6.07, 6.45) is 1.66. The maximum absolute atomic E-state index is 13.2. The number of benzene rings is 3. The molecule has 0 aliphatic heterocycles. The first kappa shape index (κ1) is 17.6. The summed E-state index contributed by atoms with van der Waals surface area (Å²) in [5, 5.41) is 0. The summed E-state index contributed by atoms with van der Waals surface area (Å²) in [6, 6.07) is 28.9. The minimum atomic E-state index is -0.135. The van der Waals surface area contributed by atoms with Crippen molar-refractivity contribution < 1.29 is 9.59 Å². The van der Waals surface area contributed by atoms with Gasteiger partial charge < -0.3 is 0 Å². The van der Waals surface area contributed by atoms with Crippen molar-refractivity contribution in [2.24, 2.45) is 0 Å². The molecule has 0 aliphatic rings. The quantitative estimate of drug-likeness (QED) is 0.457. The molecule has 0 amide bonds. The Morgan fingerprint density at radius 3 is 1.50 bits per heavy atom. The lowest BCUT2D eigenvalue weighted by Gasteiger charge is -2.13. The van der Waals surface area contributed by atoms with Crippen LogP contribution in [0.5, 0.6) is 0 Å². The molecule has 0 bridgehead atoms. The number of hydrogen-bond acceptors (Lipinski definition) is 3. The first-order valence-electron chi connectivity index (χ1n) is 8.99. The second-order valence-electron chi connectivity index (χ2n) is 6.33. The Morgan fingerprint density at radius 2 is 1.04 bits per heavy atom. The van der Waals surface area contributed by atoms with Gasteiger partial charge in [-0.3, -0.25) is 14.6 Å². The van der Waals surface area contributed by atoms with Crippen LogP contribution >= 0.6 is 0 Å². The molecule has 4 aromatic rings. The summed E-state index contributed by atoms with van der Waals surface area (Å²) >= 11 is 0. The number of ketones is 2. The van der Waals surface area contributed by atoms with E-state index in [-0.39, 0.29) is 11.6 Å². The Morgan fingerprint density at radius 1 is 0.536 bits per heavy atom. The zero-order valence-electron chi connectivity index (χ0n) is 15.1. The lowest BCUT2D eigenvalue weighted by Crippen LogP contribution is -2.10. The van der Waals surface area contributed by atoms with E-state index in [0.717, 1.165) is 0 Å². The minimum Gasteiger partial charge on any atom is -0.289 e. The number of rotatable bonds is 5. The zero-order valence-corrected chi connectivity index (χ0v) is 15.1. The summed E-state index contributed by atoms with van der Waals surface area (Å²) in [5.74, 6) is -0.270. The first-order valence-corrected chi connectivity index (χ1v) is 8.99. The molecule has 3 aromatic carbocycles. The summed E-state index contributed by atoms with van der Waals surface area (Å²) in [4.78, 5) is 30.8. The van der Waals surface area contributed by atoms with E-state index in [9.17, 15) is 9.59 Å². The molecule has 1 aromatic heterocycles. The van der Waals surface area contributed by atoms with Crippen LogP contribution in [0, 0.1) is 0 Å². The van der Waals surface area contributed by atoms with Gasteiger partial charge in [0.15, 0.2) is 11.6 Å². The lowest BCUT2D eigenvalue weighted by atomic mass is 9.89. The van der Waals surface area contributed by atoms with Gasteiger partial charge in [-0.1, -0.05) is 84.9 Å². The average Bonchev–Trinajstić information content (AvgIpc) is 2.79. The van der Waals surface area contributed by atoms with Gasteiger partial charge in [0.1, 0.15) is 0 Å². The van der Waals surface area contributed by atoms with E-state index in [1.165, 1.54) is 0 Å². The topological polar surface area (TPSA) is 47.0 Å². The molecule has 0 saturated carbocycles. The average molecular weight is 363 g/mol. The standard InChI is InChI=1S/C25H17NO2/c27-24(18-10-3-1-4-11-18)20-14-9-15-21(23(20)22-16-7-8-17-26-22)25(28)19-12-5-2-6-13-19/h1-17H. The van der Waals surface area contributed by atoms with E-state index >= 15 is 0 Å². The molecule has 1 heterocycles. The molecule has 3 heteroatoms. The largest absolute Gasteiger partial charge is 0.289 e. The number of hydrogen-bond donors (Lipinski definition) is 0. The molecule has 0 unspecified atom stereocenters. The Hall–Kier alpha value is -3.85. The summed E-state index contributed by atoms with van der Waals surface area (Å²) in [6.45, 7) is 0. The third kappa shape index (κ3) is 3.38.